The Bertz CT molecular complexity index is 643. The molecule has 5 heteroatoms. The van der Waals surface area contributed by atoms with Crippen LogP contribution in [-0.2, 0) is 0 Å². The standard InChI is InChI=1S/C14H10Br2FNO/c1-8-6-9(2-4-11(8)15)14(19)18-13-7-10(17)3-5-12(13)16/h2-7H,1H3,(H,18,19). The van der Waals surface area contributed by atoms with Gasteiger partial charge in [0.1, 0.15) is 5.82 Å². The zero-order valence-electron chi connectivity index (χ0n) is 10.0. The van der Waals surface area contributed by atoms with E-state index in [1.807, 2.05) is 13.0 Å². The molecular weight excluding hydrogens is 377 g/mol. The summed E-state index contributed by atoms with van der Waals surface area (Å²) >= 11 is 6.65. The lowest BCUT2D eigenvalue weighted by Crippen LogP contribution is -2.12. The Morgan fingerprint density at radius 1 is 1.11 bits per heavy atom. The number of carbonyl (C=O) groups excluding carboxylic acids is 1. The highest BCUT2D eigenvalue weighted by molar-refractivity contribution is 9.10. The van der Waals surface area contributed by atoms with Gasteiger partial charge in [-0.1, -0.05) is 15.9 Å². The Morgan fingerprint density at radius 2 is 1.79 bits per heavy atom. The van der Waals surface area contributed by atoms with E-state index in [0.717, 1.165) is 10.0 Å². The van der Waals surface area contributed by atoms with Gasteiger partial charge in [-0.2, -0.15) is 0 Å². The fraction of sp³-hybridized carbons (Fsp3) is 0.0714. The SMILES string of the molecule is Cc1cc(C(=O)Nc2cc(F)ccc2Br)ccc1Br. The van der Waals surface area contributed by atoms with Crippen molar-refractivity contribution in [3.05, 3.63) is 62.3 Å². The maximum atomic E-state index is 13.1. The van der Waals surface area contributed by atoms with Crippen molar-refractivity contribution in [2.75, 3.05) is 5.32 Å². The quantitative estimate of drug-likeness (QED) is 0.780. The Kier molecular flexibility index (Phi) is 4.37. The predicted octanol–water partition coefficient (Wildman–Crippen LogP) is 4.91. The van der Waals surface area contributed by atoms with Crippen LogP contribution in [0, 0.1) is 12.7 Å². The van der Waals surface area contributed by atoms with Crippen LogP contribution in [0.15, 0.2) is 45.3 Å². The number of amides is 1. The van der Waals surface area contributed by atoms with E-state index in [2.05, 4.69) is 37.2 Å². The second-order valence-corrected chi connectivity index (χ2v) is 5.75. The van der Waals surface area contributed by atoms with Crippen molar-refractivity contribution < 1.29 is 9.18 Å². The summed E-state index contributed by atoms with van der Waals surface area (Å²) in [4.78, 5) is 12.1. The van der Waals surface area contributed by atoms with Crippen LogP contribution in [0.5, 0.6) is 0 Å². The van der Waals surface area contributed by atoms with Crippen molar-refractivity contribution in [1.82, 2.24) is 0 Å². The number of hydrogen-bond donors (Lipinski definition) is 1. The van der Waals surface area contributed by atoms with E-state index in [0.29, 0.717) is 15.7 Å². The minimum Gasteiger partial charge on any atom is -0.321 e. The van der Waals surface area contributed by atoms with Crippen LogP contribution in [0.1, 0.15) is 15.9 Å². The third-order valence-corrected chi connectivity index (χ3v) is 4.18. The molecule has 0 saturated carbocycles. The molecule has 0 aromatic heterocycles. The number of hydrogen-bond acceptors (Lipinski definition) is 1. The van der Waals surface area contributed by atoms with Crippen LogP contribution < -0.4 is 5.32 Å². The minimum absolute atomic E-state index is 0.276. The Hall–Kier alpha value is -1.20. The minimum atomic E-state index is -0.398. The average Bonchev–Trinajstić information content (AvgIpc) is 2.37. The monoisotopic (exact) mass is 385 g/mol. The van der Waals surface area contributed by atoms with Crippen LogP contribution in [0.4, 0.5) is 10.1 Å². The second-order valence-electron chi connectivity index (χ2n) is 4.04. The fourth-order valence-electron chi connectivity index (χ4n) is 1.57. The second kappa shape index (κ2) is 5.84. The van der Waals surface area contributed by atoms with E-state index >= 15 is 0 Å². The first-order chi connectivity index (χ1) is 8.97. The number of aryl methyl sites for hydroxylation is 1. The van der Waals surface area contributed by atoms with Gasteiger partial charge in [0, 0.05) is 14.5 Å². The number of nitrogens with one attached hydrogen (secondary N) is 1. The molecule has 0 unspecified atom stereocenters. The molecule has 0 aliphatic heterocycles. The van der Waals surface area contributed by atoms with Gasteiger partial charge in [-0.15, -0.1) is 0 Å². The summed E-state index contributed by atoms with van der Waals surface area (Å²) in [5.41, 5.74) is 1.90. The zero-order chi connectivity index (χ0) is 14.0. The first kappa shape index (κ1) is 14.2. The van der Waals surface area contributed by atoms with Gasteiger partial charge in [-0.05, 0) is 64.8 Å². The normalized spacial score (nSPS) is 10.3. The molecule has 0 heterocycles. The van der Waals surface area contributed by atoms with E-state index in [9.17, 15) is 9.18 Å². The molecule has 1 amide bonds. The van der Waals surface area contributed by atoms with E-state index in [1.165, 1.54) is 12.1 Å². The van der Waals surface area contributed by atoms with Gasteiger partial charge < -0.3 is 5.32 Å². The van der Waals surface area contributed by atoms with Gasteiger partial charge in [0.05, 0.1) is 5.69 Å². The van der Waals surface area contributed by atoms with Crippen LogP contribution in [0.3, 0.4) is 0 Å². The molecule has 98 valence electrons. The van der Waals surface area contributed by atoms with E-state index in [-0.39, 0.29) is 5.91 Å². The molecule has 2 aromatic rings. The highest BCUT2D eigenvalue weighted by Crippen LogP contribution is 2.24. The van der Waals surface area contributed by atoms with Gasteiger partial charge in [0.15, 0.2) is 0 Å². The highest BCUT2D eigenvalue weighted by atomic mass is 79.9. The Balaban J connectivity index is 2.25. The topological polar surface area (TPSA) is 29.1 Å². The lowest BCUT2D eigenvalue weighted by molar-refractivity contribution is 0.102. The molecular formula is C14H10Br2FNO. The molecule has 0 radical (unpaired) electrons. The van der Waals surface area contributed by atoms with Crippen molar-refractivity contribution in [3.63, 3.8) is 0 Å². The summed E-state index contributed by atoms with van der Waals surface area (Å²) in [6.45, 7) is 1.90. The van der Waals surface area contributed by atoms with Gasteiger partial charge in [0.2, 0.25) is 0 Å². The number of anilines is 1. The van der Waals surface area contributed by atoms with Crippen molar-refractivity contribution in [1.29, 1.82) is 0 Å². The molecule has 0 bridgehead atoms. The van der Waals surface area contributed by atoms with Crippen LogP contribution >= 0.6 is 31.9 Å². The molecule has 0 atom stereocenters. The molecule has 2 aromatic carbocycles. The van der Waals surface area contributed by atoms with Crippen LogP contribution in [-0.4, -0.2) is 5.91 Å². The number of benzene rings is 2. The zero-order valence-corrected chi connectivity index (χ0v) is 13.2. The maximum absolute atomic E-state index is 13.1. The first-order valence-electron chi connectivity index (χ1n) is 5.50. The largest absolute Gasteiger partial charge is 0.321 e. The molecule has 2 nitrogen and oxygen atoms in total. The van der Waals surface area contributed by atoms with Crippen molar-refractivity contribution in [2.45, 2.75) is 6.92 Å². The van der Waals surface area contributed by atoms with E-state index < -0.39 is 5.82 Å². The van der Waals surface area contributed by atoms with Crippen LogP contribution in [0.2, 0.25) is 0 Å². The maximum Gasteiger partial charge on any atom is 0.255 e. The lowest BCUT2D eigenvalue weighted by atomic mass is 10.1. The summed E-state index contributed by atoms with van der Waals surface area (Å²) in [5, 5.41) is 2.67. The van der Waals surface area contributed by atoms with Crippen LogP contribution in [0.25, 0.3) is 0 Å². The lowest BCUT2D eigenvalue weighted by Gasteiger charge is -2.08. The number of halogens is 3. The molecule has 0 aliphatic rings. The molecule has 19 heavy (non-hydrogen) atoms. The fourth-order valence-corrected chi connectivity index (χ4v) is 2.17. The summed E-state index contributed by atoms with van der Waals surface area (Å²) in [7, 11) is 0. The third kappa shape index (κ3) is 3.42. The molecule has 0 spiro atoms. The smallest absolute Gasteiger partial charge is 0.255 e. The predicted molar refractivity (Wildman–Crippen MR) is 80.9 cm³/mol. The Labute approximate surface area is 127 Å². The van der Waals surface area contributed by atoms with Gasteiger partial charge in [0.25, 0.3) is 5.91 Å². The summed E-state index contributed by atoms with van der Waals surface area (Å²) < 4.78 is 14.7. The molecule has 0 saturated heterocycles. The van der Waals surface area contributed by atoms with E-state index in [4.69, 9.17) is 0 Å². The molecule has 0 fully saturated rings. The van der Waals surface area contributed by atoms with Crippen molar-refractivity contribution in [3.8, 4) is 0 Å². The Morgan fingerprint density at radius 3 is 2.47 bits per heavy atom. The summed E-state index contributed by atoms with van der Waals surface area (Å²) in [6, 6.07) is 9.44. The van der Waals surface area contributed by atoms with Crippen molar-refractivity contribution in [2.24, 2.45) is 0 Å². The van der Waals surface area contributed by atoms with E-state index in [1.54, 1.807) is 18.2 Å². The summed E-state index contributed by atoms with van der Waals surface area (Å²) in [6.07, 6.45) is 0. The van der Waals surface area contributed by atoms with Gasteiger partial charge in [-0.25, -0.2) is 4.39 Å². The van der Waals surface area contributed by atoms with Gasteiger partial charge >= 0.3 is 0 Å². The number of rotatable bonds is 2. The molecule has 1 N–H and O–H groups in total. The number of carbonyl (C=O) groups is 1. The first-order valence-corrected chi connectivity index (χ1v) is 7.08. The van der Waals surface area contributed by atoms with Crippen molar-refractivity contribution >= 4 is 43.5 Å². The third-order valence-electron chi connectivity index (χ3n) is 2.60. The molecule has 2 rings (SSSR count). The highest BCUT2D eigenvalue weighted by Gasteiger charge is 2.10. The average molecular weight is 387 g/mol. The van der Waals surface area contributed by atoms with Gasteiger partial charge in [-0.3, -0.25) is 4.79 Å². The molecule has 0 aliphatic carbocycles. The summed E-state index contributed by atoms with van der Waals surface area (Å²) in [5.74, 6) is -0.674.